The molecule has 0 aromatic heterocycles. The molecule has 52 valence electrons. The van der Waals surface area contributed by atoms with E-state index in [4.69, 9.17) is 4.74 Å². The number of carbonyl (C=O) groups excluding carboxylic acids is 1. The average Bonchev–Trinajstić information content (AvgIpc) is 2.14. The van der Waals surface area contributed by atoms with Gasteiger partial charge >= 0.3 is 0 Å². The summed E-state index contributed by atoms with van der Waals surface area (Å²) in [6.07, 6.45) is 0.815. The Bertz CT molecular complexity index is 118. The van der Waals surface area contributed by atoms with E-state index in [2.05, 4.69) is 13.8 Å². The average molecular weight is 128 g/mol. The van der Waals surface area contributed by atoms with Crippen molar-refractivity contribution in [1.82, 2.24) is 0 Å². The third kappa shape index (κ3) is 1.52. The molecule has 1 aliphatic rings. The zero-order valence-corrected chi connectivity index (χ0v) is 5.89. The number of Topliss-reactive ketones (excluding diaryl/α,β-unsaturated/α-hetero) is 1. The maximum Gasteiger partial charge on any atom is 0.161 e. The van der Waals surface area contributed by atoms with E-state index in [1.54, 1.807) is 0 Å². The van der Waals surface area contributed by atoms with Crippen LogP contribution >= 0.6 is 0 Å². The maximum absolute atomic E-state index is 10.6. The molecule has 1 unspecified atom stereocenters. The summed E-state index contributed by atoms with van der Waals surface area (Å²) in [5, 5.41) is 0. The van der Waals surface area contributed by atoms with Crippen LogP contribution in [0.5, 0.6) is 0 Å². The highest BCUT2D eigenvalue weighted by Gasteiger charge is 2.24. The van der Waals surface area contributed by atoms with Crippen molar-refractivity contribution in [3.05, 3.63) is 0 Å². The Morgan fingerprint density at radius 1 is 1.67 bits per heavy atom. The molecular formula is C7H12O2. The van der Waals surface area contributed by atoms with Gasteiger partial charge in [-0.1, -0.05) is 13.8 Å². The first-order chi connectivity index (χ1) is 4.20. The van der Waals surface area contributed by atoms with E-state index in [0.29, 0.717) is 18.9 Å². The fourth-order valence-corrected chi connectivity index (χ4v) is 0.970. The monoisotopic (exact) mass is 128 g/mol. The fourth-order valence-electron chi connectivity index (χ4n) is 0.970. The Balaban J connectivity index is 2.39. The Morgan fingerprint density at radius 2 is 2.33 bits per heavy atom. The van der Waals surface area contributed by atoms with Gasteiger partial charge in [0.2, 0.25) is 0 Å². The highest BCUT2D eigenvalue weighted by atomic mass is 16.5. The summed E-state index contributed by atoms with van der Waals surface area (Å²) in [5.41, 5.74) is 0. The molecule has 1 heterocycles. The Hall–Kier alpha value is -0.370. The molecule has 0 radical (unpaired) electrons. The van der Waals surface area contributed by atoms with Crippen molar-refractivity contribution in [1.29, 1.82) is 0 Å². The van der Waals surface area contributed by atoms with Gasteiger partial charge in [-0.2, -0.15) is 0 Å². The zero-order chi connectivity index (χ0) is 6.85. The van der Waals surface area contributed by atoms with Crippen LogP contribution in [0.15, 0.2) is 0 Å². The molecule has 0 aliphatic carbocycles. The topological polar surface area (TPSA) is 26.3 Å². The van der Waals surface area contributed by atoms with Crippen LogP contribution in [0, 0.1) is 5.92 Å². The first kappa shape index (κ1) is 6.75. The van der Waals surface area contributed by atoms with Gasteiger partial charge in [0, 0.05) is 6.42 Å². The summed E-state index contributed by atoms with van der Waals surface area (Å²) < 4.78 is 5.18. The van der Waals surface area contributed by atoms with E-state index in [1.165, 1.54) is 0 Å². The standard InChI is InChI=1S/C7H12O2/c1-5(2)7-3-6(8)4-9-7/h5,7H,3-4H2,1-2H3. The van der Waals surface area contributed by atoms with E-state index < -0.39 is 0 Å². The van der Waals surface area contributed by atoms with Crippen molar-refractivity contribution < 1.29 is 9.53 Å². The van der Waals surface area contributed by atoms with E-state index in [1.807, 2.05) is 0 Å². The van der Waals surface area contributed by atoms with E-state index in [-0.39, 0.29) is 11.9 Å². The van der Waals surface area contributed by atoms with Crippen LogP contribution in [-0.2, 0) is 9.53 Å². The lowest BCUT2D eigenvalue weighted by atomic mass is 10.0. The van der Waals surface area contributed by atoms with Gasteiger partial charge in [0.05, 0.1) is 6.10 Å². The summed E-state index contributed by atoms with van der Waals surface area (Å²) >= 11 is 0. The number of ketones is 1. The molecule has 2 heteroatoms. The molecule has 9 heavy (non-hydrogen) atoms. The molecule has 2 nitrogen and oxygen atoms in total. The summed E-state index contributed by atoms with van der Waals surface area (Å²) in [6, 6.07) is 0. The van der Waals surface area contributed by atoms with E-state index in [0.717, 1.165) is 0 Å². The lowest BCUT2D eigenvalue weighted by molar-refractivity contribution is -0.117. The lowest BCUT2D eigenvalue weighted by Crippen LogP contribution is -2.12. The van der Waals surface area contributed by atoms with Gasteiger partial charge in [-0.25, -0.2) is 0 Å². The SMILES string of the molecule is CC(C)C1CC(=O)CO1. The van der Waals surface area contributed by atoms with Crippen LogP contribution < -0.4 is 0 Å². The summed E-state index contributed by atoms with van der Waals surface area (Å²) in [5.74, 6) is 0.727. The molecule has 1 aliphatic heterocycles. The van der Waals surface area contributed by atoms with Crippen molar-refractivity contribution in [3.63, 3.8) is 0 Å². The van der Waals surface area contributed by atoms with Crippen molar-refractivity contribution in [2.24, 2.45) is 5.92 Å². The van der Waals surface area contributed by atoms with Crippen LogP contribution in [0.2, 0.25) is 0 Å². The van der Waals surface area contributed by atoms with E-state index in [9.17, 15) is 4.79 Å². The second-order valence-electron chi connectivity index (χ2n) is 2.84. The first-order valence-corrected chi connectivity index (χ1v) is 3.33. The molecule has 0 spiro atoms. The molecule has 0 N–H and O–H groups in total. The van der Waals surface area contributed by atoms with Gasteiger partial charge in [-0.3, -0.25) is 4.79 Å². The number of rotatable bonds is 1. The summed E-state index contributed by atoms with van der Waals surface area (Å²) in [6.45, 7) is 4.48. The highest BCUT2D eigenvalue weighted by Crippen LogP contribution is 2.16. The quantitative estimate of drug-likeness (QED) is 0.526. The van der Waals surface area contributed by atoms with Crippen molar-refractivity contribution in [3.8, 4) is 0 Å². The van der Waals surface area contributed by atoms with Crippen molar-refractivity contribution in [2.45, 2.75) is 26.4 Å². The predicted molar refractivity (Wildman–Crippen MR) is 34.2 cm³/mol. The predicted octanol–water partition coefficient (Wildman–Crippen LogP) is 1.00. The van der Waals surface area contributed by atoms with Gasteiger partial charge in [-0.15, -0.1) is 0 Å². The molecule has 1 atom stereocenters. The van der Waals surface area contributed by atoms with Crippen LogP contribution in [0.1, 0.15) is 20.3 Å². The second kappa shape index (κ2) is 2.48. The molecule has 1 saturated heterocycles. The maximum atomic E-state index is 10.6. The largest absolute Gasteiger partial charge is 0.370 e. The molecule has 0 amide bonds. The smallest absolute Gasteiger partial charge is 0.161 e. The van der Waals surface area contributed by atoms with E-state index >= 15 is 0 Å². The Labute approximate surface area is 55.2 Å². The van der Waals surface area contributed by atoms with Gasteiger partial charge in [0.15, 0.2) is 5.78 Å². The van der Waals surface area contributed by atoms with Crippen molar-refractivity contribution >= 4 is 5.78 Å². The molecule has 0 bridgehead atoms. The third-order valence-corrected chi connectivity index (χ3v) is 1.63. The minimum absolute atomic E-state index is 0.192. The second-order valence-corrected chi connectivity index (χ2v) is 2.84. The number of carbonyl (C=O) groups is 1. The molecule has 0 aromatic rings. The van der Waals surface area contributed by atoms with Crippen LogP contribution in [0.25, 0.3) is 0 Å². The molecule has 1 rings (SSSR count). The molecule has 0 aromatic carbocycles. The van der Waals surface area contributed by atoms with Crippen LogP contribution in [0.4, 0.5) is 0 Å². The zero-order valence-electron chi connectivity index (χ0n) is 5.89. The highest BCUT2D eigenvalue weighted by molar-refractivity contribution is 5.81. The Kier molecular flexibility index (Phi) is 1.86. The molecule has 0 saturated carbocycles. The number of ether oxygens (including phenoxy) is 1. The van der Waals surface area contributed by atoms with Crippen LogP contribution in [-0.4, -0.2) is 18.5 Å². The number of hydrogen-bond donors (Lipinski definition) is 0. The minimum Gasteiger partial charge on any atom is -0.370 e. The Morgan fingerprint density at radius 3 is 2.56 bits per heavy atom. The minimum atomic E-state index is 0.192. The number of hydrogen-bond acceptors (Lipinski definition) is 2. The normalized spacial score (nSPS) is 27.9. The fraction of sp³-hybridized carbons (Fsp3) is 0.857. The molecule has 1 fully saturated rings. The van der Waals surface area contributed by atoms with Gasteiger partial charge < -0.3 is 4.74 Å². The lowest BCUT2D eigenvalue weighted by Gasteiger charge is -2.10. The van der Waals surface area contributed by atoms with Crippen molar-refractivity contribution in [2.75, 3.05) is 6.61 Å². The van der Waals surface area contributed by atoms with Gasteiger partial charge in [0.1, 0.15) is 6.61 Å². The third-order valence-electron chi connectivity index (χ3n) is 1.63. The summed E-state index contributed by atoms with van der Waals surface area (Å²) in [4.78, 5) is 10.6. The summed E-state index contributed by atoms with van der Waals surface area (Å²) in [7, 11) is 0. The molecular weight excluding hydrogens is 116 g/mol. The first-order valence-electron chi connectivity index (χ1n) is 3.33. The van der Waals surface area contributed by atoms with Gasteiger partial charge in [0.25, 0.3) is 0 Å². The van der Waals surface area contributed by atoms with Crippen LogP contribution in [0.3, 0.4) is 0 Å². The van der Waals surface area contributed by atoms with Gasteiger partial charge in [-0.05, 0) is 5.92 Å².